The Morgan fingerprint density at radius 1 is 1.30 bits per heavy atom. The summed E-state index contributed by atoms with van der Waals surface area (Å²) in [7, 11) is 1.59. The highest BCUT2D eigenvalue weighted by Gasteiger charge is 2.25. The van der Waals surface area contributed by atoms with Crippen molar-refractivity contribution in [2.45, 2.75) is 73.3 Å². The smallest absolute Gasteiger partial charge is 0.258 e. The van der Waals surface area contributed by atoms with Crippen LogP contribution < -0.4 is 15.4 Å². The van der Waals surface area contributed by atoms with E-state index < -0.39 is 5.41 Å². The maximum Gasteiger partial charge on any atom is 0.258 e. The van der Waals surface area contributed by atoms with Gasteiger partial charge in [0.25, 0.3) is 5.91 Å². The Labute approximate surface area is 198 Å². The number of nitrogens with one attached hydrogen (secondary N) is 2. The van der Waals surface area contributed by atoms with Crippen LogP contribution in [0, 0.1) is 17.3 Å². The summed E-state index contributed by atoms with van der Waals surface area (Å²) in [6.45, 7) is 15.9. The van der Waals surface area contributed by atoms with Gasteiger partial charge in [-0.2, -0.15) is 5.10 Å². The molecular weight excluding hydrogens is 420 g/mol. The molecule has 0 spiro atoms. The van der Waals surface area contributed by atoms with E-state index in [2.05, 4.69) is 36.2 Å². The van der Waals surface area contributed by atoms with E-state index >= 15 is 0 Å². The summed E-state index contributed by atoms with van der Waals surface area (Å²) >= 11 is 0. The summed E-state index contributed by atoms with van der Waals surface area (Å²) in [6.07, 6.45) is 7.82. The minimum atomic E-state index is -0.763. The van der Waals surface area contributed by atoms with Crippen molar-refractivity contribution < 1.29 is 19.4 Å². The molecule has 0 aliphatic carbocycles. The second-order valence-corrected chi connectivity index (χ2v) is 9.66. The van der Waals surface area contributed by atoms with Gasteiger partial charge < -0.3 is 20.5 Å². The SMILES string of the molecule is C=C(O)CC(CCC(C)CC)NC(=O)c1cnn(/C=C/C(C)(C)C(=O)NC)c1OCC(C)C. The molecule has 8 heteroatoms. The average Bonchev–Trinajstić information content (AvgIpc) is 3.16. The van der Waals surface area contributed by atoms with Crippen LogP contribution >= 0.6 is 0 Å². The highest BCUT2D eigenvalue weighted by molar-refractivity contribution is 5.96. The molecule has 8 nitrogen and oxygen atoms in total. The van der Waals surface area contributed by atoms with Crippen LogP contribution in [0.3, 0.4) is 0 Å². The first-order chi connectivity index (χ1) is 15.4. The quantitative estimate of drug-likeness (QED) is 0.352. The Hall–Kier alpha value is -2.77. The normalized spacial score (nSPS) is 13.7. The number of rotatable bonds is 14. The van der Waals surface area contributed by atoms with Crippen molar-refractivity contribution in [3.05, 3.63) is 30.2 Å². The van der Waals surface area contributed by atoms with Crippen LogP contribution in [0.1, 0.15) is 77.6 Å². The van der Waals surface area contributed by atoms with E-state index in [-0.39, 0.29) is 29.5 Å². The van der Waals surface area contributed by atoms with Crippen molar-refractivity contribution in [3.8, 4) is 5.88 Å². The largest absolute Gasteiger partial charge is 0.513 e. The second kappa shape index (κ2) is 13.1. The number of nitrogens with zero attached hydrogens (tertiary/aromatic N) is 2. The summed E-state index contributed by atoms with van der Waals surface area (Å²) < 4.78 is 7.42. The van der Waals surface area contributed by atoms with Gasteiger partial charge in [-0.3, -0.25) is 9.59 Å². The van der Waals surface area contributed by atoms with Crippen LogP contribution in [0.4, 0.5) is 0 Å². The van der Waals surface area contributed by atoms with Gasteiger partial charge in [0.15, 0.2) is 0 Å². The van der Waals surface area contributed by atoms with Gasteiger partial charge in [0.2, 0.25) is 11.8 Å². The third-order valence-electron chi connectivity index (χ3n) is 5.51. The summed E-state index contributed by atoms with van der Waals surface area (Å²) in [5.74, 6) is 0.662. The Morgan fingerprint density at radius 3 is 2.52 bits per heavy atom. The molecule has 2 amide bonds. The van der Waals surface area contributed by atoms with Gasteiger partial charge in [0, 0.05) is 25.7 Å². The molecule has 0 aliphatic heterocycles. The molecule has 0 bridgehead atoms. The molecule has 0 aliphatic rings. The molecule has 1 aromatic heterocycles. The molecule has 0 radical (unpaired) electrons. The zero-order chi connectivity index (χ0) is 25.2. The molecule has 186 valence electrons. The lowest BCUT2D eigenvalue weighted by molar-refractivity contribution is -0.126. The molecule has 0 saturated carbocycles. The molecule has 2 unspecified atom stereocenters. The van der Waals surface area contributed by atoms with Crippen LogP contribution in [0.2, 0.25) is 0 Å². The van der Waals surface area contributed by atoms with Gasteiger partial charge in [-0.15, -0.1) is 0 Å². The van der Waals surface area contributed by atoms with Crippen LogP contribution in [-0.2, 0) is 4.79 Å². The van der Waals surface area contributed by atoms with Gasteiger partial charge in [0.1, 0.15) is 5.56 Å². The Morgan fingerprint density at radius 2 is 1.97 bits per heavy atom. The second-order valence-electron chi connectivity index (χ2n) is 9.66. The first-order valence-electron chi connectivity index (χ1n) is 11.7. The number of carbonyl (C=O) groups excluding carboxylic acids is 2. The predicted octanol–water partition coefficient (Wildman–Crippen LogP) is 4.55. The van der Waals surface area contributed by atoms with E-state index in [1.165, 1.54) is 10.9 Å². The maximum atomic E-state index is 13.1. The van der Waals surface area contributed by atoms with Gasteiger partial charge in [-0.25, -0.2) is 4.68 Å². The van der Waals surface area contributed by atoms with Crippen molar-refractivity contribution >= 4 is 18.0 Å². The predicted molar refractivity (Wildman–Crippen MR) is 132 cm³/mol. The van der Waals surface area contributed by atoms with E-state index in [1.54, 1.807) is 33.2 Å². The van der Waals surface area contributed by atoms with E-state index in [1.807, 2.05) is 13.8 Å². The van der Waals surface area contributed by atoms with Crippen molar-refractivity contribution in [1.29, 1.82) is 0 Å². The highest BCUT2D eigenvalue weighted by atomic mass is 16.5. The van der Waals surface area contributed by atoms with E-state index in [0.29, 0.717) is 30.4 Å². The van der Waals surface area contributed by atoms with Crippen molar-refractivity contribution in [3.63, 3.8) is 0 Å². The molecule has 0 aromatic carbocycles. The minimum absolute atomic E-state index is 0.0378. The lowest BCUT2D eigenvalue weighted by atomic mass is 9.92. The third-order valence-corrected chi connectivity index (χ3v) is 5.51. The number of carbonyl (C=O) groups is 2. The molecule has 33 heavy (non-hydrogen) atoms. The lowest BCUT2D eigenvalue weighted by Crippen LogP contribution is -2.35. The lowest BCUT2D eigenvalue weighted by Gasteiger charge is -2.20. The van der Waals surface area contributed by atoms with E-state index in [9.17, 15) is 14.7 Å². The topological polar surface area (TPSA) is 105 Å². The monoisotopic (exact) mass is 462 g/mol. The number of aromatic nitrogens is 2. The molecule has 2 atom stereocenters. The first-order valence-corrected chi connectivity index (χ1v) is 11.7. The fourth-order valence-electron chi connectivity index (χ4n) is 3.12. The number of hydrogen-bond donors (Lipinski definition) is 3. The number of amides is 2. The standard InChI is InChI=1S/C25H42N4O4/c1-9-18(4)10-11-20(14-19(5)30)28-22(31)21-15-27-29(23(21)33-16-17(2)3)13-12-25(6,7)24(32)26-8/h12-13,15,17-18,20,30H,5,9-11,14,16H2,1-4,6-8H3,(H,26,32)(H,28,31)/b13-12+. The minimum Gasteiger partial charge on any atom is -0.513 e. The fourth-order valence-corrected chi connectivity index (χ4v) is 3.12. The van der Waals surface area contributed by atoms with Crippen molar-refractivity contribution in [2.24, 2.45) is 17.3 Å². The van der Waals surface area contributed by atoms with Crippen LogP contribution in [-0.4, -0.2) is 46.4 Å². The fraction of sp³-hybridized carbons (Fsp3) is 0.640. The summed E-state index contributed by atoms with van der Waals surface area (Å²) in [5, 5.41) is 19.7. The van der Waals surface area contributed by atoms with Gasteiger partial charge in [-0.1, -0.05) is 46.8 Å². The van der Waals surface area contributed by atoms with Crippen LogP contribution in [0.15, 0.2) is 24.6 Å². The first kappa shape index (κ1) is 28.3. The Kier molecular flexibility index (Phi) is 11.2. The van der Waals surface area contributed by atoms with Crippen molar-refractivity contribution in [2.75, 3.05) is 13.7 Å². The van der Waals surface area contributed by atoms with Crippen LogP contribution in [0.5, 0.6) is 5.88 Å². The number of aliphatic hydroxyl groups is 1. The molecule has 1 rings (SSSR count). The molecule has 0 fully saturated rings. The molecule has 3 N–H and O–H groups in total. The Bertz CT molecular complexity index is 826. The molecule has 1 heterocycles. The van der Waals surface area contributed by atoms with Gasteiger partial charge in [-0.05, 0) is 38.5 Å². The summed E-state index contributed by atoms with van der Waals surface area (Å²) in [6, 6.07) is -0.243. The molecule has 0 saturated heterocycles. The number of aliphatic hydroxyl groups excluding tert-OH is 1. The van der Waals surface area contributed by atoms with Crippen molar-refractivity contribution in [1.82, 2.24) is 20.4 Å². The van der Waals surface area contributed by atoms with Gasteiger partial charge in [0.05, 0.1) is 24.0 Å². The summed E-state index contributed by atoms with van der Waals surface area (Å²) in [5.41, 5.74) is -0.462. The summed E-state index contributed by atoms with van der Waals surface area (Å²) in [4.78, 5) is 25.2. The van der Waals surface area contributed by atoms with E-state index in [0.717, 1.165) is 19.3 Å². The van der Waals surface area contributed by atoms with Gasteiger partial charge >= 0.3 is 0 Å². The van der Waals surface area contributed by atoms with E-state index in [4.69, 9.17) is 4.74 Å². The number of ether oxygens (including phenoxy) is 1. The average molecular weight is 463 g/mol. The number of hydrogen-bond acceptors (Lipinski definition) is 5. The maximum absolute atomic E-state index is 13.1. The highest BCUT2D eigenvalue weighted by Crippen LogP contribution is 2.24. The molecule has 1 aromatic rings. The van der Waals surface area contributed by atoms with Crippen LogP contribution in [0.25, 0.3) is 6.20 Å². The molecular formula is C25H42N4O4. The zero-order valence-electron chi connectivity index (χ0n) is 21.3. The zero-order valence-corrected chi connectivity index (χ0v) is 21.3. The third kappa shape index (κ3) is 9.32. The Balaban J connectivity index is 3.16.